The Kier molecular flexibility index (Phi) is 5.58. The number of nitrogens with zero attached hydrogens (tertiary/aromatic N) is 1. The average Bonchev–Trinajstić information content (AvgIpc) is 3.06. The standard InChI is InChI=1S/C20H22N2O6/c1-12(22-14-7-5-6-8-15(14)28-20(22)24)19(23)21-11-13-9-17(26-3)18(27-4)10-16(13)25-2/h5-10,12H,11H2,1-4H3,(H,21,23)/t12-/m0/s1. The summed E-state index contributed by atoms with van der Waals surface area (Å²) < 4.78 is 22.5. The van der Waals surface area contributed by atoms with Crippen LogP contribution in [0.4, 0.5) is 0 Å². The van der Waals surface area contributed by atoms with Crippen molar-refractivity contribution in [2.24, 2.45) is 0 Å². The highest BCUT2D eigenvalue weighted by Crippen LogP contribution is 2.34. The van der Waals surface area contributed by atoms with E-state index >= 15 is 0 Å². The molecule has 0 saturated heterocycles. The van der Waals surface area contributed by atoms with Crippen molar-refractivity contribution in [3.63, 3.8) is 0 Å². The van der Waals surface area contributed by atoms with Gasteiger partial charge in [0.15, 0.2) is 17.1 Å². The summed E-state index contributed by atoms with van der Waals surface area (Å²) in [6.07, 6.45) is 0. The molecule has 0 unspecified atom stereocenters. The van der Waals surface area contributed by atoms with Crippen molar-refractivity contribution in [3.8, 4) is 17.2 Å². The number of para-hydroxylation sites is 2. The Hall–Kier alpha value is -3.42. The van der Waals surface area contributed by atoms with Crippen LogP contribution in [-0.4, -0.2) is 31.8 Å². The third-order valence-corrected chi connectivity index (χ3v) is 4.53. The van der Waals surface area contributed by atoms with E-state index in [4.69, 9.17) is 18.6 Å². The first-order valence-electron chi connectivity index (χ1n) is 8.66. The Morgan fingerprint density at radius 2 is 1.71 bits per heavy atom. The van der Waals surface area contributed by atoms with Crippen molar-refractivity contribution in [2.45, 2.75) is 19.5 Å². The predicted molar refractivity (Wildman–Crippen MR) is 103 cm³/mol. The van der Waals surface area contributed by atoms with Crippen LogP contribution in [0.2, 0.25) is 0 Å². The van der Waals surface area contributed by atoms with Crippen molar-refractivity contribution >= 4 is 17.0 Å². The summed E-state index contributed by atoms with van der Waals surface area (Å²) in [7, 11) is 4.60. The normalized spacial score (nSPS) is 11.9. The molecule has 0 aliphatic rings. The van der Waals surface area contributed by atoms with Crippen LogP contribution in [0, 0.1) is 0 Å². The van der Waals surface area contributed by atoms with E-state index in [9.17, 15) is 9.59 Å². The maximum absolute atomic E-state index is 12.7. The van der Waals surface area contributed by atoms with Gasteiger partial charge in [0.1, 0.15) is 11.8 Å². The Labute approximate surface area is 161 Å². The lowest BCUT2D eigenvalue weighted by Gasteiger charge is -2.16. The minimum absolute atomic E-state index is 0.192. The molecule has 1 amide bonds. The van der Waals surface area contributed by atoms with E-state index < -0.39 is 11.8 Å². The molecule has 0 radical (unpaired) electrons. The number of aromatic nitrogens is 1. The largest absolute Gasteiger partial charge is 0.496 e. The van der Waals surface area contributed by atoms with Crippen LogP contribution >= 0.6 is 0 Å². The van der Waals surface area contributed by atoms with Gasteiger partial charge in [-0.25, -0.2) is 4.79 Å². The maximum atomic E-state index is 12.7. The number of nitrogens with one attached hydrogen (secondary N) is 1. The predicted octanol–water partition coefficient (Wildman–Crippen LogP) is 2.50. The van der Waals surface area contributed by atoms with Gasteiger partial charge in [-0.2, -0.15) is 0 Å². The van der Waals surface area contributed by atoms with Gasteiger partial charge in [0, 0.05) is 18.2 Å². The molecule has 0 bridgehead atoms. The first-order valence-corrected chi connectivity index (χ1v) is 8.66. The number of amides is 1. The van der Waals surface area contributed by atoms with Crippen LogP contribution in [-0.2, 0) is 11.3 Å². The number of oxazole rings is 1. The number of hydrogen-bond donors (Lipinski definition) is 1. The first kappa shape index (κ1) is 19.3. The fraction of sp³-hybridized carbons (Fsp3) is 0.300. The molecule has 1 heterocycles. The fourth-order valence-electron chi connectivity index (χ4n) is 3.03. The van der Waals surface area contributed by atoms with Gasteiger partial charge in [-0.05, 0) is 25.1 Å². The highest BCUT2D eigenvalue weighted by molar-refractivity contribution is 5.83. The molecular formula is C20H22N2O6. The number of fused-ring (bicyclic) bond motifs is 1. The second kappa shape index (κ2) is 8.08. The molecule has 3 rings (SSSR count). The minimum Gasteiger partial charge on any atom is -0.496 e. The molecule has 0 aliphatic carbocycles. The molecule has 0 fully saturated rings. The molecular weight excluding hydrogens is 364 g/mol. The first-order chi connectivity index (χ1) is 13.5. The molecule has 8 heteroatoms. The molecule has 1 aromatic heterocycles. The second-order valence-corrected chi connectivity index (χ2v) is 6.12. The van der Waals surface area contributed by atoms with Crippen LogP contribution in [0.3, 0.4) is 0 Å². The van der Waals surface area contributed by atoms with E-state index in [1.807, 2.05) is 0 Å². The highest BCUT2D eigenvalue weighted by atomic mass is 16.5. The number of carbonyl (C=O) groups is 1. The molecule has 2 aromatic carbocycles. The van der Waals surface area contributed by atoms with E-state index in [1.54, 1.807) is 43.3 Å². The molecule has 148 valence electrons. The van der Waals surface area contributed by atoms with Crippen LogP contribution in [0.25, 0.3) is 11.1 Å². The van der Waals surface area contributed by atoms with Crippen molar-refractivity contribution in [3.05, 3.63) is 52.5 Å². The Morgan fingerprint density at radius 3 is 2.39 bits per heavy atom. The third-order valence-electron chi connectivity index (χ3n) is 4.53. The zero-order valence-electron chi connectivity index (χ0n) is 16.1. The Balaban J connectivity index is 1.82. The molecule has 1 N–H and O–H groups in total. The van der Waals surface area contributed by atoms with Gasteiger partial charge in [-0.15, -0.1) is 0 Å². The Morgan fingerprint density at radius 1 is 1.07 bits per heavy atom. The number of hydrogen-bond acceptors (Lipinski definition) is 6. The van der Waals surface area contributed by atoms with E-state index in [2.05, 4.69) is 5.32 Å². The van der Waals surface area contributed by atoms with Crippen molar-refractivity contribution in [2.75, 3.05) is 21.3 Å². The van der Waals surface area contributed by atoms with Gasteiger partial charge in [0.25, 0.3) is 0 Å². The molecule has 8 nitrogen and oxygen atoms in total. The van der Waals surface area contributed by atoms with Crippen LogP contribution in [0.15, 0.2) is 45.6 Å². The van der Waals surface area contributed by atoms with Gasteiger partial charge in [0.05, 0.1) is 26.8 Å². The van der Waals surface area contributed by atoms with Crippen molar-refractivity contribution in [1.82, 2.24) is 9.88 Å². The summed E-state index contributed by atoms with van der Waals surface area (Å²) in [4.78, 5) is 24.9. The van der Waals surface area contributed by atoms with Gasteiger partial charge in [0.2, 0.25) is 5.91 Å². The monoisotopic (exact) mass is 386 g/mol. The summed E-state index contributed by atoms with van der Waals surface area (Å²) >= 11 is 0. The second-order valence-electron chi connectivity index (χ2n) is 6.12. The lowest BCUT2D eigenvalue weighted by Crippen LogP contribution is -2.34. The van der Waals surface area contributed by atoms with Crippen LogP contribution in [0.1, 0.15) is 18.5 Å². The van der Waals surface area contributed by atoms with Gasteiger partial charge in [-0.3, -0.25) is 9.36 Å². The number of ether oxygens (including phenoxy) is 3. The van der Waals surface area contributed by atoms with Gasteiger partial charge < -0.3 is 23.9 Å². The number of carbonyl (C=O) groups excluding carboxylic acids is 1. The number of methoxy groups -OCH3 is 3. The van der Waals surface area contributed by atoms with Crippen LogP contribution in [0.5, 0.6) is 17.2 Å². The molecule has 28 heavy (non-hydrogen) atoms. The van der Waals surface area contributed by atoms with Crippen molar-refractivity contribution < 1.29 is 23.4 Å². The lowest BCUT2D eigenvalue weighted by atomic mass is 10.1. The average molecular weight is 386 g/mol. The Bertz CT molecular complexity index is 1050. The third kappa shape index (κ3) is 3.53. The lowest BCUT2D eigenvalue weighted by molar-refractivity contribution is -0.124. The van der Waals surface area contributed by atoms with E-state index in [-0.39, 0.29) is 12.5 Å². The zero-order valence-corrected chi connectivity index (χ0v) is 16.1. The van der Waals surface area contributed by atoms with Gasteiger partial charge in [-0.1, -0.05) is 12.1 Å². The summed E-state index contributed by atoms with van der Waals surface area (Å²) in [5.41, 5.74) is 1.72. The van der Waals surface area contributed by atoms with E-state index in [0.717, 1.165) is 0 Å². The fourth-order valence-corrected chi connectivity index (χ4v) is 3.03. The van der Waals surface area contributed by atoms with E-state index in [0.29, 0.717) is 33.9 Å². The van der Waals surface area contributed by atoms with Crippen molar-refractivity contribution in [1.29, 1.82) is 0 Å². The van der Waals surface area contributed by atoms with Gasteiger partial charge >= 0.3 is 5.76 Å². The molecule has 0 aliphatic heterocycles. The summed E-state index contributed by atoms with van der Waals surface area (Å²) in [5, 5.41) is 2.83. The highest BCUT2D eigenvalue weighted by Gasteiger charge is 2.21. The number of benzene rings is 2. The van der Waals surface area contributed by atoms with Crippen LogP contribution < -0.4 is 25.3 Å². The van der Waals surface area contributed by atoms with E-state index in [1.165, 1.54) is 25.9 Å². The minimum atomic E-state index is -0.748. The topological polar surface area (TPSA) is 91.9 Å². The molecule has 1 atom stereocenters. The smallest absolute Gasteiger partial charge is 0.420 e. The quantitative estimate of drug-likeness (QED) is 0.671. The maximum Gasteiger partial charge on any atom is 0.420 e. The molecule has 0 spiro atoms. The summed E-state index contributed by atoms with van der Waals surface area (Å²) in [5.74, 6) is 0.700. The summed E-state index contributed by atoms with van der Waals surface area (Å²) in [6, 6.07) is 9.66. The zero-order chi connectivity index (χ0) is 20.3. The number of rotatable bonds is 7. The molecule has 0 saturated carbocycles. The SMILES string of the molecule is COc1cc(OC)c(OC)cc1CNC(=O)[C@H](C)n1c(=O)oc2ccccc21. The summed E-state index contributed by atoms with van der Waals surface area (Å²) in [6.45, 7) is 1.84. The molecule has 3 aromatic rings.